The molecule has 0 atom stereocenters. The summed E-state index contributed by atoms with van der Waals surface area (Å²) in [4.78, 5) is 25.5. The molecular formula is C19H28N2O3. The first-order valence-corrected chi connectivity index (χ1v) is 8.67. The lowest BCUT2D eigenvalue weighted by Crippen LogP contribution is -2.45. The van der Waals surface area contributed by atoms with Crippen molar-refractivity contribution in [1.29, 1.82) is 0 Å². The number of carbonyl (C=O) groups is 2. The number of hydrogen-bond acceptors (Lipinski definition) is 3. The number of likely N-dealkylation sites (N-methyl/N-ethyl adjacent to an activating group) is 1. The second-order valence-electron chi connectivity index (χ2n) is 6.94. The number of carbonyl (C=O) groups excluding carboxylic acids is 2. The molecule has 1 aliphatic rings. The molecule has 5 heteroatoms. The molecule has 2 N–H and O–H groups in total. The number of aryl methyl sites for hydroxylation is 2. The minimum absolute atomic E-state index is 0.0146. The summed E-state index contributed by atoms with van der Waals surface area (Å²) in [5.41, 5.74) is 1.56. The highest BCUT2D eigenvalue weighted by Crippen LogP contribution is 2.29. The highest BCUT2D eigenvalue weighted by atomic mass is 16.3. The van der Waals surface area contributed by atoms with E-state index in [1.54, 1.807) is 7.05 Å². The molecule has 1 fully saturated rings. The van der Waals surface area contributed by atoms with Gasteiger partial charge in [0.25, 0.3) is 0 Å². The summed E-state index contributed by atoms with van der Waals surface area (Å²) in [5.74, 6) is -0.295. The fraction of sp³-hybridized carbons (Fsp3) is 0.579. The third kappa shape index (κ3) is 5.64. The summed E-state index contributed by atoms with van der Waals surface area (Å²) in [7, 11) is 1.68. The van der Waals surface area contributed by atoms with Crippen molar-refractivity contribution >= 4 is 11.8 Å². The molecule has 1 aliphatic carbocycles. The summed E-state index contributed by atoms with van der Waals surface area (Å²) in [6.45, 7) is 2.35. The molecule has 0 unspecified atom stereocenters. The standard InChI is InChI=1S/C19H28N2O3/c1-15-5-7-16(8-6-15)9-10-17(22)20-13-18(23)21(2)14-19(24)11-3-4-12-19/h5-8,24H,3-4,9-14H2,1-2H3,(H,20,22). The molecule has 1 saturated carbocycles. The van der Waals surface area contributed by atoms with Crippen LogP contribution in [0.1, 0.15) is 43.2 Å². The van der Waals surface area contributed by atoms with Gasteiger partial charge in [-0.1, -0.05) is 42.7 Å². The Morgan fingerprint density at radius 3 is 2.46 bits per heavy atom. The number of benzene rings is 1. The summed E-state index contributed by atoms with van der Waals surface area (Å²) < 4.78 is 0. The van der Waals surface area contributed by atoms with E-state index >= 15 is 0 Å². The molecular weight excluding hydrogens is 304 g/mol. The van der Waals surface area contributed by atoms with Crippen LogP contribution in [0.2, 0.25) is 0 Å². The smallest absolute Gasteiger partial charge is 0.241 e. The van der Waals surface area contributed by atoms with Crippen molar-refractivity contribution in [3.63, 3.8) is 0 Å². The van der Waals surface area contributed by atoms with E-state index in [1.807, 2.05) is 31.2 Å². The van der Waals surface area contributed by atoms with Gasteiger partial charge >= 0.3 is 0 Å². The number of nitrogens with one attached hydrogen (secondary N) is 1. The number of rotatable bonds is 7. The molecule has 2 amide bonds. The van der Waals surface area contributed by atoms with E-state index in [0.717, 1.165) is 31.2 Å². The minimum atomic E-state index is -0.750. The zero-order valence-corrected chi connectivity index (χ0v) is 14.7. The molecule has 24 heavy (non-hydrogen) atoms. The van der Waals surface area contributed by atoms with Gasteiger partial charge in [-0.15, -0.1) is 0 Å². The Balaban J connectivity index is 1.68. The van der Waals surface area contributed by atoms with Crippen LogP contribution in [0, 0.1) is 6.92 Å². The number of amides is 2. The molecule has 5 nitrogen and oxygen atoms in total. The van der Waals surface area contributed by atoms with Crippen molar-refractivity contribution in [2.75, 3.05) is 20.1 Å². The van der Waals surface area contributed by atoms with Crippen LogP contribution >= 0.6 is 0 Å². The van der Waals surface area contributed by atoms with Crippen LogP contribution in [0.25, 0.3) is 0 Å². The molecule has 0 saturated heterocycles. The predicted octanol–water partition coefficient (Wildman–Crippen LogP) is 1.81. The van der Waals surface area contributed by atoms with Gasteiger partial charge in [-0.25, -0.2) is 0 Å². The highest BCUT2D eigenvalue weighted by molar-refractivity contribution is 5.84. The number of hydrogen-bond donors (Lipinski definition) is 2. The van der Waals surface area contributed by atoms with Gasteiger partial charge in [0.2, 0.25) is 11.8 Å². The summed E-state index contributed by atoms with van der Waals surface area (Å²) in [6.07, 6.45) is 4.53. The fourth-order valence-electron chi connectivity index (χ4n) is 3.13. The van der Waals surface area contributed by atoms with Crippen molar-refractivity contribution in [3.8, 4) is 0 Å². The Labute approximate surface area is 144 Å². The van der Waals surface area contributed by atoms with Gasteiger partial charge in [-0.2, -0.15) is 0 Å². The van der Waals surface area contributed by atoms with Crippen molar-refractivity contribution in [2.45, 2.75) is 51.0 Å². The lowest BCUT2D eigenvalue weighted by molar-refractivity contribution is -0.134. The monoisotopic (exact) mass is 332 g/mol. The van der Waals surface area contributed by atoms with Crippen molar-refractivity contribution < 1.29 is 14.7 Å². The molecule has 1 aromatic rings. The molecule has 132 valence electrons. The van der Waals surface area contributed by atoms with Gasteiger partial charge in [0.1, 0.15) is 0 Å². The van der Waals surface area contributed by atoms with Crippen molar-refractivity contribution in [1.82, 2.24) is 10.2 Å². The first-order valence-electron chi connectivity index (χ1n) is 8.67. The van der Waals surface area contributed by atoms with E-state index in [0.29, 0.717) is 19.4 Å². The van der Waals surface area contributed by atoms with Crippen LogP contribution < -0.4 is 5.32 Å². The van der Waals surface area contributed by atoms with Crippen LogP contribution in [0.4, 0.5) is 0 Å². The van der Waals surface area contributed by atoms with E-state index in [4.69, 9.17) is 0 Å². The fourth-order valence-corrected chi connectivity index (χ4v) is 3.13. The van der Waals surface area contributed by atoms with Crippen LogP contribution in [0.3, 0.4) is 0 Å². The molecule has 1 aromatic carbocycles. The lowest BCUT2D eigenvalue weighted by Gasteiger charge is -2.28. The summed E-state index contributed by atoms with van der Waals surface area (Å²) in [6, 6.07) is 8.09. The van der Waals surface area contributed by atoms with Crippen LogP contribution in [0.5, 0.6) is 0 Å². The molecule has 0 aliphatic heterocycles. The Kier molecular flexibility index (Phi) is 6.37. The first kappa shape index (κ1) is 18.5. The molecule has 2 rings (SSSR count). The second kappa shape index (κ2) is 8.29. The maximum atomic E-state index is 12.1. The van der Waals surface area contributed by atoms with E-state index in [2.05, 4.69) is 5.32 Å². The minimum Gasteiger partial charge on any atom is -0.388 e. The Morgan fingerprint density at radius 1 is 1.21 bits per heavy atom. The van der Waals surface area contributed by atoms with Crippen molar-refractivity contribution in [2.24, 2.45) is 0 Å². The van der Waals surface area contributed by atoms with Crippen LogP contribution in [0.15, 0.2) is 24.3 Å². The molecule has 0 aromatic heterocycles. The van der Waals surface area contributed by atoms with Crippen LogP contribution in [-0.4, -0.2) is 47.6 Å². The van der Waals surface area contributed by atoms with E-state index in [-0.39, 0.29) is 18.4 Å². The molecule has 0 spiro atoms. The maximum absolute atomic E-state index is 12.1. The van der Waals surface area contributed by atoms with E-state index < -0.39 is 5.60 Å². The first-order chi connectivity index (χ1) is 11.4. The van der Waals surface area contributed by atoms with E-state index in [1.165, 1.54) is 10.5 Å². The quantitative estimate of drug-likeness (QED) is 0.800. The van der Waals surface area contributed by atoms with Gasteiger partial charge in [-0.05, 0) is 31.7 Å². The SMILES string of the molecule is Cc1ccc(CCC(=O)NCC(=O)N(C)CC2(O)CCCC2)cc1. The third-order valence-corrected chi connectivity index (χ3v) is 4.69. The van der Waals surface area contributed by atoms with Gasteiger partial charge in [0.15, 0.2) is 0 Å². The third-order valence-electron chi connectivity index (χ3n) is 4.69. The normalized spacial score (nSPS) is 16.0. The topological polar surface area (TPSA) is 69.6 Å². The van der Waals surface area contributed by atoms with Crippen molar-refractivity contribution in [3.05, 3.63) is 35.4 Å². The zero-order chi connectivity index (χ0) is 17.6. The average Bonchev–Trinajstić information content (AvgIpc) is 2.98. The van der Waals surface area contributed by atoms with Gasteiger partial charge in [-0.3, -0.25) is 9.59 Å². The molecule has 0 radical (unpaired) electrons. The second-order valence-corrected chi connectivity index (χ2v) is 6.94. The molecule has 0 bridgehead atoms. The Hall–Kier alpha value is -1.88. The Morgan fingerprint density at radius 2 is 1.83 bits per heavy atom. The Bertz CT molecular complexity index is 562. The summed E-state index contributed by atoms with van der Waals surface area (Å²) in [5, 5.41) is 13.0. The lowest BCUT2D eigenvalue weighted by atomic mass is 10.0. The summed E-state index contributed by atoms with van der Waals surface area (Å²) >= 11 is 0. The predicted molar refractivity (Wildman–Crippen MR) is 93.6 cm³/mol. The van der Waals surface area contributed by atoms with Gasteiger partial charge in [0.05, 0.1) is 12.1 Å². The van der Waals surface area contributed by atoms with Gasteiger partial charge in [0, 0.05) is 20.0 Å². The number of nitrogens with zero attached hydrogens (tertiary/aromatic N) is 1. The van der Waals surface area contributed by atoms with Gasteiger partial charge < -0.3 is 15.3 Å². The highest BCUT2D eigenvalue weighted by Gasteiger charge is 2.33. The number of aliphatic hydroxyl groups is 1. The van der Waals surface area contributed by atoms with Crippen LogP contribution in [-0.2, 0) is 16.0 Å². The molecule has 0 heterocycles. The zero-order valence-electron chi connectivity index (χ0n) is 14.7. The maximum Gasteiger partial charge on any atom is 0.241 e. The van der Waals surface area contributed by atoms with E-state index in [9.17, 15) is 14.7 Å². The largest absolute Gasteiger partial charge is 0.388 e. The average molecular weight is 332 g/mol.